The van der Waals surface area contributed by atoms with E-state index in [1.165, 1.54) is 31.2 Å². The van der Waals surface area contributed by atoms with Crippen LogP contribution in [0.5, 0.6) is 0 Å². The zero-order chi connectivity index (χ0) is 13.2. The Bertz CT molecular complexity index is 346. The Hall–Kier alpha value is -1.35. The van der Waals surface area contributed by atoms with E-state index in [4.69, 9.17) is 0 Å². The summed E-state index contributed by atoms with van der Waals surface area (Å²) in [4.78, 5) is 11.4. The van der Waals surface area contributed by atoms with Gasteiger partial charge >= 0.3 is 0 Å². The minimum atomic E-state index is -0.00630. The van der Waals surface area contributed by atoms with E-state index in [1.54, 1.807) is 7.05 Å². The van der Waals surface area contributed by atoms with Crippen LogP contribution in [-0.4, -0.2) is 19.5 Å². The molecule has 1 aromatic rings. The van der Waals surface area contributed by atoms with Crippen LogP contribution in [0.3, 0.4) is 0 Å². The lowest BCUT2D eigenvalue weighted by Crippen LogP contribution is -2.24. The number of aryl methyl sites for hydroxylation is 1. The van der Waals surface area contributed by atoms with Gasteiger partial charge in [-0.05, 0) is 37.6 Å². The third-order valence-electron chi connectivity index (χ3n) is 2.89. The number of hydrogen-bond acceptors (Lipinski definition) is 2. The number of likely N-dealkylation sites (N-methyl/N-ethyl adjacent to an activating group) is 1. The summed E-state index contributed by atoms with van der Waals surface area (Å²) in [6.07, 6.45) is 6.27. The average Bonchev–Trinajstić information content (AvgIpc) is 2.37. The molecule has 0 aliphatic rings. The Morgan fingerprint density at radius 3 is 2.44 bits per heavy atom. The second-order valence-electron chi connectivity index (χ2n) is 4.59. The maximum Gasteiger partial charge on any atom is 0.238 e. The van der Waals surface area contributed by atoms with Gasteiger partial charge < -0.3 is 10.6 Å². The minimum Gasteiger partial charge on any atom is -0.325 e. The first-order valence-electron chi connectivity index (χ1n) is 6.79. The monoisotopic (exact) mass is 248 g/mol. The summed E-state index contributed by atoms with van der Waals surface area (Å²) < 4.78 is 0. The van der Waals surface area contributed by atoms with Crippen LogP contribution < -0.4 is 10.6 Å². The highest BCUT2D eigenvalue weighted by Gasteiger charge is 2.00. The fourth-order valence-corrected chi connectivity index (χ4v) is 1.88. The first kappa shape index (κ1) is 14.7. The van der Waals surface area contributed by atoms with Crippen LogP contribution in [-0.2, 0) is 11.2 Å². The largest absolute Gasteiger partial charge is 0.325 e. The summed E-state index contributed by atoms with van der Waals surface area (Å²) in [6, 6.07) is 8.15. The summed E-state index contributed by atoms with van der Waals surface area (Å²) in [5, 5.41) is 5.67. The number of carbonyl (C=O) groups is 1. The van der Waals surface area contributed by atoms with E-state index in [9.17, 15) is 4.79 Å². The first-order chi connectivity index (χ1) is 8.76. The molecule has 0 aliphatic carbocycles. The molecular weight excluding hydrogens is 224 g/mol. The Balaban J connectivity index is 2.35. The summed E-state index contributed by atoms with van der Waals surface area (Å²) in [5.41, 5.74) is 2.21. The second-order valence-corrected chi connectivity index (χ2v) is 4.59. The minimum absolute atomic E-state index is 0.00630. The van der Waals surface area contributed by atoms with E-state index in [0.29, 0.717) is 6.54 Å². The molecule has 0 radical (unpaired) electrons. The van der Waals surface area contributed by atoms with Crippen molar-refractivity contribution in [2.45, 2.75) is 39.0 Å². The van der Waals surface area contributed by atoms with Crippen molar-refractivity contribution >= 4 is 11.6 Å². The highest BCUT2D eigenvalue weighted by Crippen LogP contribution is 2.12. The molecule has 0 atom stereocenters. The Labute approximate surface area is 110 Å². The van der Waals surface area contributed by atoms with E-state index in [2.05, 4.69) is 29.7 Å². The fourth-order valence-electron chi connectivity index (χ4n) is 1.88. The highest BCUT2D eigenvalue weighted by molar-refractivity contribution is 5.92. The molecule has 0 unspecified atom stereocenters. The van der Waals surface area contributed by atoms with Crippen molar-refractivity contribution in [2.75, 3.05) is 18.9 Å². The van der Waals surface area contributed by atoms with Crippen LogP contribution in [0.1, 0.15) is 38.2 Å². The van der Waals surface area contributed by atoms with Crippen LogP contribution in [0, 0.1) is 0 Å². The normalized spacial score (nSPS) is 10.3. The topological polar surface area (TPSA) is 41.1 Å². The van der Waals surface area contributed by atoms with Gasteiger partial charge in [-0.1, -0.05) is 38.3 Å². The number of unbranched alkanes of at least 4 members (excludes halogenated alkanes) is 3. The van der Waals surface area contributed by atoms with Crippen LogP contribution in [0.15, 0.2) is 24.3 Å². The number of amides is 1. The van der Waals surface area contributed by atoms with Crippen molar-refractivity contribution in [3.8, 4) is 0 Å². The highest BCUT2D eigenvalue weighted by atomic mass is 16.1. The van der Waals surface area contributed by atoms with Gasteiger partial charge in [0.05, 0.1) is 6.54 Å². The van der Waals surface area contributed by atoms with Crippen LogP contribution in [0.2, 0.25) is 0 Å². The van der Waals surface area contributed by atoms with Gasteiger partial charge in [-0.15, -0.1) is 0 Å². The maximum atomic E-state index is 11.4. The van der Waals surface area contributed by atoms with Crippen molar-refractivity contribution in [1.82, 2.24) is 5.32 Å². The molecule has 1 rings (SSSR count). The van der Waals surface area contributed by atoms with E-state index >= 15 is 0 Å². The lowest BCUT2D eigenvalue weighted by atomic mass is 10.1. The van der Waals surface area contributed by atoms with Crippen molar-refractivity contribution in [2.24, 2.45) is 0 Å². The molecule has 100 valence electrons. The van der Waals surface area contributed by atoms with Crippen LogP contribution in [0.25, 0.3) is 0 Å². The molecule has 0 saturated heterocycles. The average molecular weight is 248 g/mol. The van der Waals surface area contributed by atoms with Gasteiger partial charge in [0, 0.05) is 5.69 Å². The Morgan fingerprint density at radius 1 is 1.11 bits per heavy atom. The molecule has 0 fully saturated rings. The van der Waals surface area contributed by atoms with E-state index in [-0.39, 0.29) is 5.91 Å². The summed E-state index contributed by atoms with van der Waals surface area (Å²) in [5.74, 6) is -0.00630. The zero-order valence-electron chi connectivity index (χ0n) is 11.5. The molecule has 3 heteroatoms. The zero-order valence-corrected chi connectivity index (χ0v) is 11.5. The quantitative estimate of drug-likeness (QED) is 0.694. The third kappa shape index (κ3) is 5.82. The molecule has 0 saturated carbocycles. The maximum absolute atomic E-state index is 11.4. The number of anilines is 1. The van der Waals surface area contributed by atoms with Gasteiger partial charge in [-0.2, -0.15) is 0 Å². The molecule has 0 bridgehead atoms. The number of carbonyl (C=O) groups excluding carboxylic acids is 1. The third-order valence-corrected chi connectivity index (χ3v) is 2.89. The molecule has 1 amide bonds. The van der Waals surface area contributed by atoms with E-state index < -0.39 is 0 Å². The lowest BCUT2D eigenvalue weighted by molar-refractivity contribution is -0.115. The van der Waals surface area contributed by atoms with Crippen LogP contribution >= 0.6 is 0 Å². The number of nitrogens with one attached hydrogen (secondary N) is 2. The van der Waals surface area contributed by atoms with Crippen molar-refractivity contribution < 1.29 is 4.79 Å². The SMILES string of the molecule is CCCCCCc1ccc(NC(=O)CNC)cc1. The molecule has 0 aliphatic heterocycles. The van der Waals surface area contributed by atoms with Gasteiger partial charge in [-0.25, -0.2) is 0 Å². The standard InChI is InChI=1S/C15H24N2O/c1-3-4-5-6-7-13-8-10-14(11-9-13)17-15(18)12-16-2/h8-11,16H,3-7,12H2,1-2H3,(H,17,18). The molecule has 2 N–H and O–H groups in total. The van der Waals surface area contributed by atoms with Crippen molar-refractivity contribution in [3.05, 3.63) is 29.8 Å². The van der Waals surface area contributed by atoms with Gasteiger partial charge in [0.1, 0.15) is 0 Å². The van der Waals surface area contributed by atoms with Crippen molar-refractivity contribution in [1.29, 1.82) is 0 Å². The predicted octanol–water partition coefficient (Wildman–Crippen LogP) is 2.97. The summed E-state index contributed by atoms with van der Waals surface area (Å²) in [6.45, 7) is 2.57. The molecule has 0 aromatic heterocycles. The van der Waals surface area contributed by atoms with Crippen molar-refractivity contribution in [3.63, 3.8) is 0 Å². The Kier molecular flexibility index (Phi) is 7.11. The number of rotatable bonds is 8. The van der Waals surface area contributed by atoms with Gasteiger partial charge in [-0.3, -0.25) is 4.79 Å². The fraction of sp³-hybridized carbons (Fsp3) is 0.533. The second kappa shape index (κ2) is 8.70. The molecule has 18 heavy (non-hydrogen) atoms. The first-order valence-corrected chi connectivity index (χ1v) is 6.79. The van der Waals surface area contributed by atoms with Gasteiger partial charge in [0.25, 0.3) is 0 Å². The molecule has 0 spiro atoms. The van der Waals surface area contributed by atoms with Gasteiger partial charge in [0.2, 0.25) is 5.91 Å². The molecular formula is C15H24N2O. The smallest absolute Gasteiger partial charge is 0.238 e. The Morgan fingerprint density at radius 2 is 1.83 bits per heavy atom. The van der Waals surface area contributed by atoms with Gasteiger partial charge in [0.15, 0.2) is 0 Å². The molecule has 0 heterocycles. The van der Waals surface area contributed by atoms with Crippen LogP contribution in [0.4, 0.5) is 5.69 Å². The molecule has 3 nitrogen and oxygen atoms in total. The van der Waals surface area contributed by atoms with E-state index in [1.807, 2.05) is 12.1 Å². The number of benzene rings is 1. The van der Waals surface area contributed by atoms with E-state index in [0.717, 1.165) is 12.1 Å². The lowest BCUT2D eigenvalue weighted by Gasteiger charge is -2.06. The summed E-state index contributed by atoms with van der Waals surface area (Å²) >= 11 is 0. The predicted molar refractivity (Wildman–Crippen MR) is 76.8 cm³/mol. The number of hydrogen-bond donors (Lipinski definition) is 2. The summed E-state index contributed by atoms with van der Waals surface area (Å²) in [7, 11) is 1.76. The molecule has 1 aromatic carbocycles.